The topological polar surface area (TPSA) is 82.3 Å². The largest absolute Gasteiger partial charge is 0.465 e. The van der Waals surface area contributed by atoms with E-state index in [0.717, 1.165) is 5.52 Å². The zero-order chi connectivity index (χ0) is 18.0. The second-order valence-corrected chi connectivity index (χ2v) is 5.53. The molecule has 0 fully saturated rings. The Morgan fingerprint density at radius 1 is 1.04 bits per heavy atom. The summed E-state index contributed by atoms with van der Waals surface area (Å²) < 4.78 is 7.56. The van der Waals surface area contributed by atoms with Crippen molar-refractivity contribution in [1.29, 1.82) is 0 Å². The zero-order valence-electron chi connectivity index (χ0n) is 13.9. The van der Waals surface area contributed by atoms with Gasteiger partial charge in [-0.2, -0.15) is 0 Å². The molecule has 1 heterocycles. The number of hydrogen-bond donors (Lipinski definition) is 1. The monoisotopic (exact) mass is 339 g/mol. The molecule has 0 atom stereocenters. The number of benzene rings is 2. The average molecular weight is 339 g/mol. The third-order valence-corrected chi connectivity index (χ3v) is 3.94. The first kappa shape index (κ1) is 16.5. The standard InChI is InChI=1S/C18H17N3O4/c1-20-14-5-3-4-6-15(14)21(18(20)24)11-16(22)19-13-9-7-12(8-10-13)17(23)25-2/h3-10H,11H2,1-2H3,(H,19,22). The highest BCUT2D eigenvalue weighted by atomic mass is 16.5. The molecule has 128 valence electrons. The van der Waals surface area contributed by atoms with Crippen molar-refractivity contribution >= 4 is 28.6 Å². The van der Waals surface area contributed by atoms with Crippen molar-refractivity contribution in [2.24, 2.45) is 7.05 Å². The molecule has 0 spiro atoms. The number of nitrogens with zero attached hydrogens (tertiary/aromatic N) is 2. The number of carbonyl (C=O) groups is 2. The Morgan fingerprint density at radius 2 is 1.68 bits per heavy atom. The molecule has 0 unspecified atom stereocenters. The van der Waals surface area contributed by atoms with Gasteiger partial charge >= 0.3 is 11.7 Å². The molecule has 1 N–H and O–H groups in total. The van der Waals surface area contributed by atoms with Crippen LogP contribution in [0.5, 0.6) is 0 Å². The lowest BCUT2D eigenvalue weighted by molar-refractivity contribution is -0.116. The smallest absolute Gasteiger partial charge is 0.337 e. The number of rotatable bonds is 4. The SMILES string of the molecule is COC(=O)c1ccc(NC(=O)Cn2c(=O)n(C)c3ccccc32)cc1. The lowest BCUT2D eigenvalue weighted by Gasteiger charge is -2.07. The van der Waals surface area contributed by atoms with E-state index in [1.165, 1.54) is 16.2 Å². The number of anilines is 1. The van der Waals surface area contributed by atoms with Crippen LogP contribution in [0.4, 0.5) is 5.69 Å². The van der Waals surface area contributed by atoms with Gasteiger partial charge in [-0.3, -0.25) is 13.9 Å². The van der Waals surface area contributed by atoms with Crippen LogP contribution in [0.25, 0.3) is 11.0 Å². The number of carbonyl (C=O) groups excluding carboxylic acids is 2. The lowest BCUT2D eigenvalue weighted by atomic mass is 10.2. The fourth-order valence-electron chi connectivity index (χ4n) is 2.67. The number of aromatic nitrogens is 2. The van der Waals surface area contributed by atoms with Gasteiger partial charge in [0.15, 0.2) is 0 Å². The summed E-state index contributed by atoms with van der Waals surface area (Å²) in [6.45, 7) is -0.0983. The summed E-state index contributed by atoms with van der Waals surface area (Å²) in [5.41, 5.74) is 2.14. The van der Waals surface area contributed by atoms with Crippen molar-refractivity contribution < 1.29 is 14.3 Å². The summed E-state index contributed by atoms with van der Waals surface area (Å²) in [5.74, 6) is -0.774. The molecule has 3 aromatic rings. The summed E-state index contributed by atoms with van der Waals surface area (Å²) in [5, 5.41) is 2.72. The fourth-order valence-corrected chi connectivity index (χ4v) is 2.67. The molecule has 7 nitrogen and oxygen atoms in total. The van der Waals surface area contributed by atoms with Crippen LogP contribution < -0.4 is 11.0 Å². The average Bonchev–Trinajstić information content (AvgIpc) is 2.87. The Kier molecular flexibility index (Phi) is 4.38. The number of fused-ring (bicyclic) bond motifs is 1. The van der Waals surface area contributed by atoms with Crippen LogP contribution in [0.15, 0.2) is 53.3 Å². The molecule has 25 heavy (non-hydrogen) atoms. The van der Waals surface area contributed by atoms with E-state index in [4.69, 9.17) is 0 Å². The third kappa shape index (κ3) is 3.16. The van der Waals surface area contributed by atoms with E-state index in [0.29, 0.717) is 16.8 Å². The Labute approximate surface area is 143 Å². The molecule has 2 aromatic carbocycles. The minimum absolute atomic E-state index is 0.0983. The van der Waals surface area contributed by atoms with Crippen LogP contribution in [0.3, 0.4) is 0 Å². The van der Waals surface area contributed by atoms with Gasteiger partial charge in [0.1, 0.15) is 6.54 Å². The van der Waals surface area contributed by atoms with Gasteiger partial charge in [-0.15, -0.1) is 0 Å². The predicted octanol–water partition coefficient (Wildman–Crippen LogP) is 1.77. The first-order valence-corrected chi connectivity index (χ1v) is 7.63. The Bertz CT molecular complexity index is 999. The maximum Gasteiger partial charge on any atom is 0.337 e. The van der Waals surface area contributed by atoms with Crippen molar-refractivity contribution in [3.63, 3.8) is 0 Å². The maximum absolute atomic E-state index is 12.3. The summed E-state index contributed by atoms with van der Waals surface area (Å²) >= 11 is 0. The van der Waals surface area contributed by atoms with Crippen LogP contribution >= 0.6 is 0 Å². The molecule has 0 saturated heterocycles. The molecular weight excluding hydrogens is 322 g/mol. The Hall–Kier alpha value is -3.35. The number of methoxy groups -OCH3 is 1. The van der Waals surface area contributed by atoms with Gasteiger partial charge in [0.05, 0.1) is 23.7 Å². The molecule has 0 bridgehead atoms. The number of esters is 1. The number of hydrogen-bond acceptors (Lipinski definition) is 4. The second kappa shape index (κ2) is 6.64. The minimum Gasteiger partial charge on any atom is -0.465 e. The van der Waals surface area contributed by atoms with Gasteiger partial charge in [-0.25, -0.2) is 9.59 Å². The minimum atomic E-state index is -0.444. The third-order valence-electron chi connectivity index (χ3n) is 3.94. The number of amides is 1. The molecule has 0 aliphatic carbocycles. The second-order valence-electron chi connectivity index (χ2n) is 5.53. The number of ether oxygens (including phenoxy) is 1. The van der Waals surface area contributed by atoms with E-state index >= 15 is 0 Å². The fraction of sp³-hybridized carbons (Fsp3) is 0.167. The quantitative estimate of drug-likeness (QED) is 0.735. The maximum atomic E-state index is 12.3. The zero-order valence-corrected chi connectivity index (χ0v) is 13.9. The highest BCUT2D eigenvalue weighted by molar-refractivity contribution is 5.93. The van der Waals surface area contributed by atoms with Crippen molar-refractivity contribution in [1.82, 2.24) is 9.13 Å². The van der Waals surface area contributed by atoms with Gasteiger partial charge < -0.3 is 10.1 Å². The molecule has 0 aliphatic heterocycles. The highest BCUT2D eigenvalue weighted by Crippen LogP contribution is 2.13. The van der Waals surface area contributed by atoms with Gasteiger partial charge in [-0.05, 0) is 36.4 Å². The molecule has 1 amide bonds. The van der Waals surface area contributed by atoms with Gasteiger partial charge in [0.2, 0.25) is 5.91 Å². The summed E-state index contributed by atoms with van der Waals surface area (Å²) in [4.78, 5) is 36.0. The van der Waals surface area contributed by atoms with Gasteiger partial charge in [-0.1, -0.05) is 12.1 Å². The number of aryl methyl sites for hydroxylation is 1. The normalized spacial score (nSPS) is 10.6. The molecule has 3 rings (SSSR count). The molecule has 1 aromatic heterocycles. The summed E-state index contributed by atoms with van der Waals surface area (Å²) in [6, 6.07) is 13.6. The summed E-state index contributed by atoms with van der Waals surface area (Å²) in [7, 11) is 2.98. The van der Waals surface area contributed by atoms with E-state index in [-0.39, 0.29) is 18.1 Å². The molecule has 0 radical (unpaired) electrons. The van der Waals surface area contributed by atoms with Crippen LogP contribution in [0.2, 0.25) is 0 Å². The highest BCUT2D eigenvalue weighted by Gasteiger charge is 2.13. The molecule has 7 heteroatoms. The van der Waals surface area contributed by atoms with Crippen LogP contribution in [-0.2, 0) is 23.1 Å². The molecule has 0 saturated carbocycles. The number of para-hydroxylation sites is 2. The van der Waals surface area contributed by atoms with Crippen LogP contribution in [0, 0.1) is 0 Å². The predicted molar refractivity (Wildman–Crippen MR) is 93.6 cm³/mol. The first-order valence-electron chi connectivity index (χ1n) is 7.63. The first-order chi connectivity index (χ1) is 12.0. The van der Waals surface area contributed by atoms with Gasteiger partial charge in [0.25, 0.3) is 0 Å². The van der Waals surface area contributed by atoms with Gasteiger partial charge in [0, 0.05) is 12.7 Å². The van der Waals surface area contributed by atoms with E-state index in [1.807, 2.05) is 18.2 Å². The number of nitrogens with one attached hydrogen (secondary N) is 1. The number of imidazole rings is 1. The van der Waals surface area contributed by atoms with E-state index in [2.05, 4.69) is 10.1 Å². The Balaban J connectivity index is 1.79. The van der Waals surface area contributed by atoms with Crippen molar-refractivity contribution in [2.75, 3.05) is 12.4 Å². The van der Waals surface area contributed by atoms with Crippen LogP contribution in [-0.4, -0.2) is 28.1 Å². The summed E-state index contributed by atoms with van der Waals surface area (Å²) in [6.07, 6.45) is 0. The van der Waals surface area contributed by atoms with Crippen molar-refractivity contribution in [3.05, 3.63) is 64.6 Å². The van der Waals surface area contributed by atoms with Crippen molar-refractivity contribution in [2.45, 2.75) is 6.54 Å². The Morgan fingerprint density at radius 3 is 2.32 bits per heavy atom. The van der Waals surface area contributed by atoms with Crippen LogP contribution in [0.1, 0.15) is 10.4 Å². The lowest BCUT2D eigenvalue weighted by Crippen LogP contribution is -2.28. The molecular formula is C18H17N3O4. The van der Waals surface area contributed by atoms with E-state index < -0.39 is 5.97 Å². The van der Waals surface area contributed by atoms with Crippen molar-refractivity contribution in [3.8, 4) is 0 Å². The van der Waals surface area contributed by atoms with E-state index in [9.17, 15) is 14.4 Å². The molecule has 0 aliphatic rings. The van der Waals surface area contributed by atoms with E-state index in [1.54, 1.807) is 37.4 Å².